The highest BCUT2D eigenvalue weighted by Crippen LogP contribution is 2.52. The Balaban J connectivity index is 1.55. The number of carbonyl (C=O) groups excluding carboxylic acids is 1. The van der Waals surface area contributed by atoms with Crippen LogP contribution < -0.4 is 5.32 Å². The third-order valence-corrected chi connectivity index (χ3v) is 5.88. The van der Waals surface area contributed by atoms with Gasteiger partial charge in [0.15, 0.2) is 11.0 Å². The van der Waals surface area contributed by atoms with Crippen LogP contribution in [0.1, 0.15) is 19.8 Å². The van der Waals surface area contributed by atoms with Crippen LogP contribution in [0.5, 0.6) is 0 Å². The second-order valence-corrected chi connectivity index (χ2v) is 7.55. The molecule has 1 aliphatic rings. The molecule has 1 amide bonds. The molecule has 7 heteroatoms. The van der Waals surface area contributed by atoms with E-state index >= 15 is 0 Å². The molecule has 4 rings (SSSR count). The Bertz CT molecular complexity index is 906. The van der Waals surface area contributed by atoms with Crippen molar-refractivity contribution in [3.63, 3.8) is 0 Å². The van der Waals surface area contributed by atoms with Crippen molar-refractivity contribution in [2.75, 3.05) is 5.32 Å². The van der Waals surface area contributed by atoms with Crippen LogP contribution in [-0.4, -0.2) is 30.4 Å². The van der Waals surface area contributed by atoms with Crippen LogP contribution in [0.25, 0.3) is 11.4 Å². The third-order valence-electron chi connectivity index (χ3n) is 4.41. The Morgan fingerprint density at radius 3 is 2.54 bits per heavy atom. The lowest BCUT2D eigenvalue weighted by atomic mass is 10.2. The van der Waals surface area contributed by atoms with E-state index in [-0.39, 0.29) is 5.91 Å². The predicted octanol–water partition coefficient (Wildman–Crippen LogP) is 3.62. The van der Waals surface area contributed by atoms with E-state index in [0.29, 0.717) is 0 Å². The Morgan fingerprint density at radius 2 is 1.88 bits per heavy atom. The summed E-state index contributed by atoms with van der Waals surface area (Å²) >= 11 is 1.51. The zero-order valence-electron chi connectivity index (χ0n) is 14.4. The number of hydrogen-bond acceptors (Lipinski definition) is 5. The smallest absolute Gasteiger partial charge is 0.241 e. The van der Waals surface area contributed by atoms with Crippen molar-refractivity contribution in [2.45, 2.75) is 36.2 Å². The average molecular weight is 365 g/mol. The van der Waals surface area contributed by atoms with Crippen molar-refractivity contribution < 1.29 is 4.79 Å². The summed E-state index contributed by atoms with van der Waals surface area (Å²) in [6.45, 7) is 2.80. The minimum Gasteiger partial charge on any atom is -0.325 e. The highest BCUT2D eigenvalue weighted by molar-refractivity contribution is 8.01. The summed E-state index contributed by atoms with van der Waals surface area (Å²) in [5, 5.41) is 12.5. The molecule has 3 aromatic rings. The van der Waals surface area contributed by atoms with Gasteiger partial charge in [-0.1, -0.05) is 30.0 Å². The molecular formula is C19H19N5OS. The second kappa shape index (κ2) is 6.92. The van der Waals surface area contributed by atoms with Crippen molar-refractivity contribution in [2.24, 2.45) is 0 Å². The molecule has 0 radical (unpaired) electrons. The number of benzene rings is 1. The first kappa shape index (κ1) is 16.8. The molecule has 0 spiro atoms. The Labute approximate surface area is 156 Å². The van der Waals surface area contributed by atoms with Crippen LogP contribution in [-0.2, 0) is 11.3 Å². The molecule has 26 heavy (non-hydrogen) atoms. The van der Waals surface area contributed by atoms with Gasteiger partial charge in [0.05, 0.1) is 0 Å². The van der Waals surface area contributed by atoms with Gasteiger partial charge < -0.3 is 9.88 Å². The summed E-state index contributed by atoms with van der Waals surface area (Å²) in [5.41, 5.74) is 1.79. The molecule has 1 N–H and O–H groups in total. The number of para-hydroxylation sites is 1. The number of aromatic nitrogens is 4. The van der Waals surface area contributed by atoms with Gasteiger partial charge in [-0.3, -0.25) is 9.78 Å². The summed E-state index contributed by atoms with van der Waals surface area (Å²) in [5.74, 6) is 0.835. The fourth-order valence-electron chi connectivity index (χ4n) is 2.79. The van der Waals surface area contributed by atoms with Gasteiger partial charge in [0.1, 0.15) is 4.75 Å². The zero-order valence-corrected chi connectivity index (χ0v) is 15.2. The van der Waals surface area contributed by atoms with Crippen LogP contribution in [0.2, 0.25) is 0 Å². The van der Waals surface area contributed by atoms with E-state index in [1.807, 2.05) is 42.5 Å². The quantitative estimate of drug-likeness (QED) is 0.722. The fourth-order valence-corrected chi connectivity index (χ4v) is 4.00. The maximum atomic E-state index is 12.8. The Hall–Kier alpha value is -2.67. The van der Waals surface area contributed by atoms with Gasteiger partial charge in [-0.25, -0.2) is 0 Å². The van der Waals surface area contributed by atoms with E-state index < -0.39 is 4.75 Å². The molecule has 0 atom stereocenters. The predicted molar refractivity (Wildman–Crippen MR) is 102 cm³/mol. The van der Waals surface area contributed by atoms with Crippen LogP contribution >= 0.6 is 11.8 Å². The minimum atomic E-state index is -0.453. The van der Waals surface area contributed by atoms with Crippen molar-refractivity contribution in [3.05, 3.63) is 54.9 Å². The van der Waals surface area contributed by atoms with E-state index in [9.17, 15) is 4.79 Å². The molecule has 0 unspecified atom stereocenters. The molecule has 2 heterocycles. The van der Waals surface area contributed by atoms with Crippen molar-refractivity contribution in [1.82, 2.24) is 19.7 Å². The lowest BCUT2D eigenvalue weighted by Gasteiger charge is -2.15. The highest BCUT2D eigenvalue weighted by atomic mass is 32.2. The van der Waals surface area contributed by atoms with Gasteiger partial charge in [-0.2, -0.15) is 0 Å². The number of anilines is 1. The number of thioether (sulfide) groups is 1. The lowest BCUT2D eigenvalue weighted by molar-refractivity contribution is -0.116. The van der Waals surface area contributed by atoms with Crippen molar-refractivity contribution in [3.8, 4) is 11.4 Å². The SMILES string of the molecule is CCn1c(SC2(C(=O)Nc3ccccc3)CC2)nnc1-c1ccncc1. The van der Waals surface area contributed by atoms with E-state index in [4.69, 9.17) is 0 Å². The number of rotatable bonds is 6. The number of nitrogens with one attached hydrogen (secondary N) is 1. The Kier molecular flexibility index (Phi) is 4.46. The molecule has 2 aromatic heterocycles. The maximum absolute atomic E-state index is 12.8. The van der Waals surface area contributed by atoms with Crippen molar-refractivity contribution >= 4 is 23.4 Å². The van der Waals surface area contributed by atoms with E-state index in [1.54, 1.807) is 12.4 Å². The average Bonchev–Trinajstić information content (AvgIpc) is 3.36. The summed E-state index contributed by atoms with van der Waals surface area (Å²) in [6, 6.07) is 13.4. The lowest BCUT2D eigenvalue weighted by Crippen LogP contribution is -2.27. The highest BCUT2D eigenvalue weighted by Gasteiger charge is 2.52. The van der Waals surface area contributed by atoms with E-state index in [2.05, 4.69) is 32.0 Å². The monoisotopic (exact) mass is 365 g/mol. The second-order valence-electron chi connectivity index (χ2n) is 6.20. The molecule has 1 aromatic carbocycles. The van der Waals surface area contributed by atoms with Gasteiger partial charge in [-0.15, -0.1) is 10.2 Å². The summed E-state index contributed by atoms with van der Waals surface area (Å²) in [4.78, 5) is 16.8. The number of nitrogens with zero attached hydrogens (tertiary/aromatic N) is 4. The largest absolute Gasteiger partial charge is 0.325 e. The molecular weight excluding hydrogens is 346 g/mol. The fraction of sp³-hybridized carbons (Fsp3) is 0.263. The van der Waals surface area contributed by atoms with Crippen LogP contribution in [0.4, 0.5) is 5.69 Å². The third kappa shape index (κ3) is 3.22. The normalized spacial score (nSPS) is 14.8. The van der Waals surface area contributed by atoms with Gasteiger partial charge in [0, 0.05) is 30.2 Å². The summed E-state index contributed by atoms with van der Waals surface area (Å²) in [6.07, 6.45) is 5.17. The molecule has 0 bridgehead atoms. The standard InChI is InChI=1S/C19H19N5OS/c1-2-24-16(14-8-12-20-13-9-14)22-23-18(24)26-19(10-11-19)17(25)21-15-6-4-3-5-7-15/h3-9,12-13H,2,10-11H2,1H3,(H,21,25). The summed E-state index contributed by atoms with van der Waals surface area (Å²) in [7, 11) is 0. The molecule has 1 aliphatic carbocycles. The van der Waals surface area contributed by atoms with Crippen LogP contribution in [0.3, 0.4) is 0 Å². The first-order valence-corrected chi connectivity index (χ1v) is 9.42. The van der Waals surface area contributed by atoms with Gasteiger partial charge in [-0.05, 0) is 44.0 Å². The van der Waals surface area contributed by atoms with E-state index in [1.165, 1.54) is 11.8 Å². The molecule has 0 aliphatic heterocycles. The Morgan fingerprint density at radius 1 is 1.15 bits per heavy atom. The minimum absolute atomic E-state index is 0.0322. The molecule has 1 saturated carbocycles. The van der Waals surface area contributed by atoms with Gasteiger partial charge >= 0.3 is 0 Å². The van der Waals surface area contributed by atoms with E-state index in [0.717, 1.165) is 41.6 Å². The molecule has 132 valence electrons. The van der Waals surface area contributed by atoms with Crippen LogP contribution in [0.15, 0.2) is 60.0 Å². The first-order chi connectivity index (χ1) is 12.7. The van der Waals surface area contributed by atoms with Crippen LogP contribution in [0, 0.1) is 0 Å². The molecule has 6 nitrogen and oxygen atoms in total. The van der Waals surface area contributed by atoms with Gasteiger partial charge in [0.25, 0.3) is 0 Å². The summed E-state index contributed by atoms with van der Waals surface area (Å²) < 4.78 is 1.60. The zero-order chi connectivity index (χ0) is 18.0. The number of hydrogen-bond donors (Lipinski definition) is 1. The first-order valence-electron chi connectivity index (χ1n) is 8.61. The number of carbonyl (C=O) groups is 1. The number of amides is 1. The van der Waals surface area contributed by atoms with Gasteiger partial charge in [0.2, 0.25) is 5.91 Å². The topological polar surface area (TPSA) is 72.7 Å². The molecule has 1 fully saturated rings. The molecule has 0 saturated heterocycles. The number of pyridine rings is 1. The maximum Gasteiger partial charge on any atom is 0.241 e. The van der Waals surface area contributed by atoms with Crippen molar-refractivity contribution in [1.29, 1.82) is 0 Å².